The van der Waals surface area contributed by atoms with Crippen LogP contribution in [0.1, 0.15) is 24.8 Å². The van der Waals surface area contributed by atoms with E-state index in [1.165, 1.54) is 11.1 Å². The summed E-state index contributed by atoms with van der Waals surface area (Å²) < 4.78 is 10.8. The minimum Gasteiger partial charge on any atom is -0.488 e. The molecule has 2 aliphatic heterocycles. The molecule has 2 heterocycles. The van der Waals surface area contributed by atoms with Crippen LogP contribution in [0.3, 0.4) is 0 Å². The molecule has 0 spiro atoms. The highest BCUT2D eigenvalue weighted by molar-refractivity contribution is 5.69. The summed E-state index contributed by atoms with van der Waals surface area (Å²) in [5.41, 5.74) is 2.53. The number of fused-ring (bicyclic) bond motifs is 1. The molecule has 0 aliphatic carbocycles. The summed E-state index contributed by atoms with van der Waals surface area (Å²) in [4.78, 5) is 13.6. The van der Waals surface area contributed by atoms with E-state index in [0.717, 1.165) is 31.4 Å². The summed E-state index contributed by atoms with van der Waals surface area (Å²) in [6, 6.07) is 10.4. The van der Waals surface area contributed by atoms with Crippen molar-refractivity contribution in [2.24, 2.45) is 0 Å². The van der Waals surface area contributed by atoms with E-state index in [0.29, 0.717) is 19.8 Å². The van der Waals surface area contributed by atoms with Gasteiger partial charge in [0, 0.05) is 6.54 Å². The van der Waals surface area contributed by atoms with E-state index >= 15 is 0 Å². The van der Waals surface area contributed by atoms with E-state index in [1.54, 1.807) is 11.1 Å². The zero-order chi connectivity index (χ0) is 15.2. The molecule has 0 bridgehead atoms. The summed E-state index contributed by atoms with van der Waals surface area (Å²) in [7, 11) is 0. The van der Waals surface area contributed by atoms with Crippen LogP contribution in [0.15, 0.2) is 53.9 Å². The lowest BCUT2D eigenvalue weighted by atomic mass is 10.1. The molecule has 0 unspecified atom stereocenters. The highest BCUT2D eigenvalue weighted by atomic mass is 16.6. The van der Waals surface area contributed by atoms with Crippen molar-refractivity contribution >= 4 is 6.09 Å². The molecule has 0 saturated heterocycles. The van der Waals surface area contributed by atoms with Crippen LogP contribution in [0.5, 0.6) is 0 Å². The highest BCUT2D eigenvalue weighted by Crippen LogP contribution is 2.26. The lowest BCUT2D eigenvalue weighted by Crippen LogP contribution is -2.31. The fourth-order valence-electron chi connectivity index (χ4n) is 2.68. The molecule has 0 aromatic heterocycles. The van der Waals surface area contributed by atoms with Crippen molar-refractivity contribution < 1.29 is 14.3 Å². The van der Waals surface area contributed by atoms with Crippen LogP contribution in [-0.4, -0.2) is 30.8 Å². The molecular formula is C18H21NO3. The smallest absolute Gasteiger partial charge is 0.413 e. The molecule has 0 atom stereocenters. The van der Waals surface area contributed by atoms with Crippen molar-refractivity contribution in [3.05, 3.63) is 59.5 Å². The van der Waals surface area contributed by atoms with E-state index in [1.807, 2.05) is 18.2 Å². The summed E-state index contributed by atoms with van der Waals surface area (Å²) in [6.07, 6.45) is 7.32. The average Bonchev–Trinajstić information content (AvgIpc) is 3.03. The number of rotatable bonds is 5. The number of carbonyl (C=O) groups is 1. The number of nitrogens with zero attached hydrogens (tertiary/aromatic N) is 1. The maximum Gasteiger partial charge on any atom is 0.413 e. The number of aryl methyl sites for hydroxylation is 1. The van der Waals surface area contributed by atoms with Gasteiger partial charge in [0.05, 0.1) is 12.8 Å². The van der Waals surface area contributed by atoms with Gasteiger partial charge in [-0.1, -0.05) is 30.3 Å². The predicted octanol–water partition coefficient (Wildman–Crippen LogP) is 3.65. The van der Waals surface area contributed by atoms with Gasteiger partial charge in [0.15, 0.2) is 0 Å². The lowest BCUT2D eigenvalue weighted by Gasteiger charge is -2.23. The summed E-state index contributed by atoms with van der Waals surface area (Å²) in [6.45, 7) is 1.75. The van der Waals surface area contributed by atoms with Gasteiger partial charge < -0.3 is 9.47 Å². The third kappa shape index (κ3) is 3.70. The first-order valence-electron chi connectivity index (χ1n) is 7.84. The molecule has 2 aliphatic rings. The zero-order valence-electron chi connectivity index (χ0n) is 12.7. The molecule has 22 heavy (non-hydrogen) atoms. The van der Waals surface area contributed by atoms with Gasteiger partial charge in [0.2, 0.25) is 0 Å². The number of amides is 1. The van der Waals surface area contributed by atoms with Crippen molar-refractivity contribution in [3.8, 4) is 0 Å². The third-order valence-electron chi connectivity index (χ3n) is 3.94. The molecule has 4 nitrogen and oxygen atoms in total. The number of hydrogen-bond donors (Lipinski definition) is 0. The number of unbranched alkanes of at least 4 members (excludes halogenated alkanes) is 1. The minimum atomic E-state index is -0.276. The van der Waals surface area contributed by atoms with E-state index in [2.05, 4.69) is 18.2 Å². The Hall–Kier alpha value is -2.23. The number of carbonyl (C=O) groups excluding carboxylic acids is 1. The van der Waals surface area contributed by atoms with Crippen LogP contribution in [0, 0.1) is 0 Å². The standard InChI is InChI=1S/C18H21NO3/c20-18(19-11-9-16-10-13-21-17(16)14-19)22-12-5-4-8-15-6-2-1-3-7-15/h1-3,6-7,10,14H,4-5,8-9,11-13H2. The molecule has 1 amide bonds. The Kier molecular flexibility index (Phi) is 4.78. The summed E-state index contributed by atoms with van der Waals surface area (Å²) in [5.74, 6) is 0.812. The Morgan fingerprint density at radius 2 is 2.09 bits per heavy atom. The SMILES string of the molecule is O=C(OCCCCc1ccccc1)N1C=C2OCC=C2CC1. The number of allylic oxidation sites excluding steroid dienone is 1. The van der Waals surface area contributed by atoms with Gasteiger partial charge in [-0.15, -0.1) is 0 Å². The molecule has 116 valence electrons. The second-order valence-corrected chi connectivity index (χ2v) is 5.53. The minimum absolute atomic E-state index is 0.276. The van der Waals surface area contributed by atoms with Gasteiger partial charge in [0.25, 0.3) is 0 Å². The number of hydrogen-bond acceptors (Lipinski definition) is 3. The second-order valence-electron chi connectivity index (χ2n) is 5.53. The van der Waals surface area contributed by atoms with E-state index < -0.39 is 0 Å². The molecule has 4 heteroatoms. The van der Waals surface area contributed by atoms with Gasteiger partial charge >= 0.3 is 6.09 Å². The second kappa shape index (κ2) is 7.16. The monoisotopic (exact) mass is 299 g/mol. The first-order valence-corrected chi connectivity index (χ1v) is 7.84. The Morgan fingerprint density at radius 3 is 2.95 bits per heavy atom. The first-order chi connectivity index (χ1) is 10.8. The number of ether oxygens (including phenoxy) is 2. The van der Waals surface area contributed by atoms with Gasteiger partial charge in [0.1, 0.15) is 12.4 Å². The van der Waals surface area contributed by atoms with Crippen LogP contribution >= 0.6 is 0 Å². The molecule has 0 N–H and O–H groups in total. The fraction of sp³-hybridized carbons (Fsp3) is 0.389. The van der Waals surface area contributed by atoms with Gasteiger partial charge in [-0.2, -0.15) is 0 Å². The van der Waals surface area contributed by atoms with Crippen molar-refractivity contribution in [2.75, 3.05) is 19.8 Å². The predicted molar refractivity (Wildman–Crippen MR) is 84.2 cm³/mol. The van der Waals surface area contributed by atoms with E-state index in [9.17, 15) is 4.79 Å². The normalized spacial score (nSPS) is 16.5. The van der Waals surface area contributed by atoms with Crippen LogP contribution in [0.4, 0.5) is 4.79 Å². The Balaban J connectivity index is 1.36. The Bertz CT molecular complexity index is 577. The van der Waals surface area contributed by atoms with Crippen LogP contribution in [0.2, 0.25) is 0 Å². The van der Waals surface area contributed by atoms with Crippen LogP contribution in [0.25, 0.3) is 0 Å². The van der Waals surface area contributed by atoms with Gasteiger partial charge in [-0.05, 0) is 42.9 Å². The molecule has 1 aromatic rings. The molecule has 1 aromatic carbocycles. The number of benzene rings is 1. The maximum atomic E-state index is 12.0. The van der Waals surface area contributed by atoms with E-state index in [4.69, 9.17) is 9.47 Å². The molecule has 0 fully saturated rings. The first kappa shape index (κ1) is 14.7. The largest absolute Gasteiger partial charge is 0.488 e. The molecule has 3 rings (SSSR count). The van der Waals surface area contributed by atoms with Gasteiger partial charge in [-0.25, -0.2) is 4.79 Å². The molecule has 0 radical (unpaired) electrons. The van der Waals surface area contributed by atoms with Crippen LogP contribution < -0.4 is 0 Å². The zero-order valence-corrected chi connectivity index (χ0v) is 12.7. The highest BCUT2D eigenvalue weighted by Gasteiger charge is 2.24. The molecule has 0 saturated carbocycles. The van der Waals surface area contributed by atoms with Crippen molar-refractivity contribution in [1.82, 2.24) is 4.90 Å². The van der Waals surface area contributed by atoms with Crippen molar-refractivity contribution in [3.63, 3.8) is 0 Å². The van der Waals surface area contributed by atoms with Gasteiger partial charge in [-0.3, -0.25) is 4.90 Å². The van der Waals surface area contributed by atoms with Crippen molar-refractivity contribution in [2.45, 2.75) is 25.7 Å². The summed E-state index contributed by atoms with van der Waals surface area (Å²) in [5, 5.41) is 0. The Labute approximate surface area is 131 Å². The lowest BCUT2D eigenvalue weighted by molar-refractivity contribution is 0.112. The summed E-state index contributed by atoms with van der Waals surface area (Å²) >= 11 is 0. The maximum absolute atomic E-state index is 12.0. The topological polar surface area (TPSA) is 38.8 Å². The average molecular weight is 299 g/mol. The third-order valence-corrected chi connectivity index (χ3v) is 3.94. The van der Waals surface area contributed by atoms with Crippen LogP contribution in [-0.2, 0) is 15.9 Å². The van der Waals surface area contributed by atoms with E-state index in [-0.39, 0.29) is 6.09 Å². The Morgan fingerprint density at radius 1 is 1.23 bits per heavy atom. The fourth-order valence-corrected chi connectivity index (χ4v) is 2.68. The molecular weight excluding hydrogens is 278 g/mol. The van der Waals surface area contributed by atoms with Crippen molar-refractivity contribution in [1.29, 1.82) is 0 Å². The quantitative estimate of drug-likeness (QED) is 0.779.